The minimum atomic E-state index is -5.06. The van der Waals surface area contributed by atoms with Gasteiger partial charge in [-0.05, 0) is 55.0 Å². The molecule has 2 bridgehead atoms. The first-order valence-corrected chi connectivity index (χ1v) is 9.61. The average molecular weight is 431 g/mol. The molecule has 0 radical (unpaired) electrons. The molecule has 3 aliphatic carbocycles. The molecule has 0 amide bonds. The maximum absolute atomic E-state index is 13.8. The second kappa shape index (κ2) is 6.74. The van der Waals surface area contributed by atoms with Crippen molar-refractivity contribution in [3.63, 3.8) is 0 Å². The monoisotopic (exact) mass is 430 g/mol. The summed E-state index contributed by atoms with van der Waals surface area (Å²) in [4.78, 5) is 11.4. The van der Waals surface area contributed by atoms with Gasteiger partial charge in [-0.25, -0.2) is 9.18 Å². The van der Waals surface area contributed by atoms with Gasteiger partial charge in [0.2, 0.25) is 0 Å². The van der Waals surface area contributed by atoms with E-state index in [2.05, 4.69) is 0 Å². The van der Waals surface area contributed by atoms with E-state index < -0.39 is 35.1 Å². The van der Waals surface area contributed by atoms with Gasteiger partial charge in [0.15, 0.2) is 0 Å². The van der Waals surface area contributed by atoms with Crippen molar-refractivity contribution < 1.29 is 27.1 Å². The van der Waals surface area contributed by atoms with Gasteiger partial charge in [0.1, 0.15) is 11.9 Å². The Morgan fingerprint density at radius 1 is 1.17 bits per heavy atom. The quantitative estimate of drug-likeness (QED) is 0.562. The van der Waals surface area contributed by atoms with Crippen LogP contribution < -0.4 is 5.73 Å². The molecule has 3 aliphatic rings. The fourth-order valence-electron chi connectivity index (χ4n) is 4.51. The summed E-state index contributed by atoms with van der Waals surface area (Å²) in [5.41, 5.74) is 6.24. The summed E-state index contributed by atoms with van der Waals surface area (Å²) in [6.45, 7) is 0. The standard InChI is InChI=1S/C20H19ClF4N2O2/c21-14-2-1-12(9-15(14)22)13-3-8-27(11-13)18-4-6-19(26,7-5-18)16(10-18)29-17(28)20(23,24)25/h1-3,8-9,11,16H,4-7,10,26H2/t16-,18?,19?/m1/s1. The predicted octanol–water partition coefficient (Wildman–Crippen LogP) is 4.79. The molecule has 1 heterocycles. The lowest BCUT2D eigenvalue weighted by Gasteiger charge is -2.55. The molecule has 4 nitrogen and oxygen atoms in total. The van der Waals surface area contributed by atoms with Crippen LogP contribution >= 0.6 is 11.6 Å². The molecule has 1 aromatic heterocycles. The van der Waals surface area contributed by atoms with Crippen LogP contribution in [0.3, 0.4) is 0 Å². The van der Waals surface area contributed by atoms with E-state index in [4.69, 9.17) is 22.1 Å². The third-order valence-electron chi connectivity index (χ3n) is 6.29. The summed E-state index contributed by atoms with van der Waals surface area (Å²) in [5.74, 6) is -2.74. The maximum Gasteiger partial charge on any atom is 0.490 e. The first kappa shape index (κ1) is 20.2. The third kappa shape index (κ3) is 3.53. The zero-order valence-corrected chi connectivity index (χ0v) is 16.1. The summed E-state index contributed by atoms with van der Waals surface area (Å²) < 4.78 is 58.6. The van der Waals surface area contributed by atoms with Gasteiger partial charge in [-0.1, -0.05) is 17.7 Å². The Morgan fingerprint density at radius 2 is 1.86 bits per heavy atom. The molecule has 29 heavy (non-hydrogen) atoms. The smallest absolute Gasteiger partial charge is 0.454 e. The van der Waals surface area contributed by atoms with Gasteiger partial charge in [0.05, 0.1) is 10.6 Å². The summed E-state index contributed by atoms with van der Waals surface area (Å²) in [6.07, 6.45) is 0.00257. The van der Waals surface area contributed by atoms with Crippen molar-refractivity contribution >= 4 is 17.6 Å². The largest absolute Gasteiger partial charge is 0.490 e. The van der Waals surface area contributed by atoms with E-state index in [1.165, 1.54) is 12.1 Å². The van der Waals surface area contributed by atoms with Gasteiger partial charge in [-0.15, -0.1) is 0 Å². The van der Waals surface area contributed by atoms with Gasteiger partial charge in [-0.2, -0.15) is 13.2 Å². The molecule has 156 valence electrons. The Hall–Kier alpha value is -2.06. The number of rotatable bonds is 3. The molecule has 2 aromatic rings. The number of hydrogen-bond acceptors (Lipinski definition) is 3. The van der Waals surface area contributed by atoms with Gasteiger partial charge in [-0.3, -0.25) is 0 Å². The molecule has 0 aliphatic heterocycles. The molecular weight excluding hydrogens is 412 g/mol. The Balaban J connectivity index is 1.61. The summed E-state index contributed by atoms with van der Waals surface area (Å²) >= 11 is 5.73. The molecule has 5 rings (SSSR count). The lowest BCUT2D eigenvalue weighted by Crippen LogP contribution is -2.65. The minimum absolute atomic E-state index is 0.0277. The predicted molar refractivity (Wildman–Crippen MR) is 98.7 cm³/mol. The SMILES string of the molecule is NC12CCC(n3ccc(-c4ccc(Cl)c(F)c4)c3)(CC1)C[C@H]2OC(=O)C(F)(F)F. The van der Waals surface area contributed by atoms with Gasteiger partial charge in [0.25, 0.3) is 0 Å². The second-order valence-electron chi connectivity index (χ2n) is 7.99. The molecule has 1 aromatic carbocycles. The van der Waals surface area contributed by atoms with Crippen molar-refractivity contribution in [3.05, 3.63) is 47.5 Å². The lowest BCUT2D eigenvalue weighted by molar-refractivity contribution is -0.214. The van der Waals surface area contributed by atoms with E-state index in [9.17, 15) is 22.4 Å². The molecule has 3 saturated carbocycles. The van der Waals surface area contributed by atoms with E-state index in [1.54, 1.807) is 6.07 Å². The first-order chi connectivity index (χ1) is 13.5. The highest BCUT2D eigenvalue weighted by molar-refractivity contribution is 6.30. The molecule has 1 atom stereocenters. The van der Waals surface area contributed by atoms with Crippen molar-refractivity contribution in [3.8, 4) is 11.1 Å². The second-order valence-corrected chi connectivity index (χ2v) is 8.40. The van der Waals surface area contributed by atoms with E-state index in [-0.39, 0.29) is 11.4 Å². The Kier molecular flexibility index (Phi) is 4.70. The number of nitrogens with zero attached hydrogens (tertiary/aromatic N) is 1. The molecule has 2 N–H and O–H groups in total. The summed E-state index contributed by atoms with van der Waals surface area (Å²) in [6, 6.07) is 6.31. The van der Waals surface area contributed by atoms with Crippen LogP contribution in [0.25, 0.3) is 11.1 Å². The van der Waals surface area contributed by atoms with Crippen LogP contribution in [0, 0.1) is 5.82 Å². The van der Waals surface area contributed by atoms with Crippen LogP contribution in [0.15, 0.2) is 36.7 Å². The molecule has 0 saturated heterocycles. The third-order valence-corrected chi connectivity index (χ3v) is 6.60. The lowest BCUT2D eigenvalue weighted by atomic mass is 9.60. The number of ether oxygens (including phenoxy) is 1. The van der Waals surface area contributed by atoms with Crippen LogP contribution in [-0.4, -0.2) is 28.4 Å². The maximum atomic E-state index is 13.8. The number of carbonyl (C=O) groups is 1. The highest BCUT2D eigenvalue weighted by Gasteiger charge is 2.56. The van der Waals surface area contributed by atoms with Crippen LogP contribution in [0.4, 0.5) is 17.6 Å². The van der Waals surface area contributed by atoms with E-state index >= 15 is 0 Å². The fraction of sp³-hybridized carbons (Fsp3) is 0.450. The number of hydrogen-bond donors (Lipinski definition) is 1. The molecule has 3 fully saturated rings. The highest BCUT2D eigenvalue weighted by atomic mass is 35.5. The number of benzene rings is 1. The van der Waals surface area contributed by atoms with Crippen LogP contribution in [0.2, 0.25) is 5.02 Å². The Labute approximate surface area is 169 Å². The molecule has 9 heteroatoms. The number of esters is 1. The highest BCUT2D eigenvalue weighted by Crippen LogP contribution is 2.51. The summed E-state index contributed by atoms with van der Waals surface area (Å²) in [7, 11) is 0. The van der Waals surface area contributed by atoms with Crippen LogP contribution in [0.5, 0.6) is 0 Å². The number of halogens is 5. The van der Waals surface area contributed by atoms with E-state index in [0.717, 1.165) is 5.56 Å². The van der Waals surface area contributed by atoms with Gasteiger partial charge in [0, 0.05) is 24.4 Å². The van der Waals surface area contributed by atoms with Gasteiger partial charge >= 0.3 is 12.1 Å². The summed E-state index contributed by atoms with van der Waals surface area (Å²) in [5, 5.41) is 0.0277. The van der Waals surface area contributed by atoms with E-state index in [1.807, 2.05) is 23.0 Å². The first-order valence-electron chi connectivity index (χ1n) is 9.23. The zero-order valence-electron chi connectivity index (χ0n) is 15.3. The van der Waals surface area contributed by atoms with Gasteiger partial charge < -0.3 is 15.0 Å². The topological polar surface area (TPSA) is 57.2 Å². The number of nitrogens with two attached hydrogens (primary N) is 1. The van der Waals surface area contributed by atoms with Crippen molar-refractivity contribution in [1.82, 2.24) is 4.57 Å². The minimum Gasteiger partial charge on any atom is -0.454 e. The molecular formula is C20H19ClF4N2O2. The molecule has 0 spiro atoms. The van der Waals surface area contributed by atoms with Crippen molar-refractivity contribution in [2.45, 2.75) is 55.5 Å². The average Bonchev–Trinajstić information content (AvgIpc) is 3.15. The normalized spacial score (nSPS) is 29.1. The number of carbonyl (C=O) groups excluding carboxylic acids is 1. The van der Waals surface area contributed by atoms with E-state index in [0.29, 0.717) is 31.2 Å². The van der Waals surface area contributed by atoms with Crippen LogP contribution in [0.1, 0.15) is 32.1 Å². The van der Waals surface area contributed by atoms with Crippen LogP contribution in [-0.2, 0) is 15.1 Å². The molecule has 0 unspecified atom stereocenters. The number of fused-ring (bicyclic) bond motifs is 3. The Morgan fingerprint density at radius 3 is 2.48 bits per heavy atom. The Bertz CT molecular complexity index is 948. The number of aromatic nitrogens is 1. The fourth-order valence-corrected chi connectivity index (χ4v) is 4.63. The number of alkyl halides is 3. The van der Waals surface area contributed by atoms with Crippen molar-refractivity contribution in [2.24, 2.45) is 5.73 Å². The van der Waals surface area contributed by atoms with Crippen molar-refractivity contribution in [1.29, 1.82) is 0 Å². The van der Waals surface area contributed by atoms with Crippen molar-refractivity contribution in [2.75, 3.05) is 0 Å². The zero-order chi connectivity index (χ0) is 21.0.